The van der Waals surface area contributed by atoms with Gasteiger partial charge in [0.15, 0.2) is 0 Å². The lowest BCUT2D eigenvalue weighted by atomic mass is 9.93. The largest absolute Gasteiger partial charge is 0.481 e. The summed E-state index contributed by atoms with van der Waals surface area (Å²) in [6.07, 6.45) is 1.89. The third-order valence-corrected chi connectivity index (χ3v) is 3.33. The van der Waals surface area contributed by atoms with Gasteiger partial charge in [-0.25, -0.2) is 4.79 Å². The molecule has 0 aromatic carbocycles. The van der Waals surface area contributed by atoms with Crippen molar-refractivity contribution in [3.8, 4) is 0 Å². The molecule has 6 heteroatoms. The standard InChI is InChI=1S/C12H22N2O4/c1-9(10-4-7-18-8-5-10)13-12(17)14(2)6-3-11(15)16/h9-10H,3-8H2,1-2H3,(H,13,17)(H,15,16). The van der Waals surface area contributed by atoms with E-state index in [0.29, 0.717) is 5.92 Å². The van der Waals surface area contributed by atoms with E-state index in [4.69, 9.17) is 9.84 Å². The molecule has 0 saturated carbocycles. The van der Waals surface area contributed by atoms with Crippen LogP contribution < -0.4 is 5.32 Å². The maximum Gasteiger partial charge on any atom is 0.317 e. The third-order valence-electron chi connectivity index (χ3n) is 3.33. The lowest BCUT2D eigenvalue weighted by Crippen LogP contribution is -2.46. The molecule has 0 aliphatic carbocycles. The first-order valence-corrected chi connectivity index (χ1v) is 6.32. The van der Waals surface area contributed by atoms with Crippen LogP contribution in [0.1, 0.15) is 26.2 Å². The highest BCUT2D eigenvalue weighted by Gasteiger charge is 2.22. The average molecular weight is 258 g/mol. The monoisotopic (exact) mass is 258 g/mol. The summed E-state index contributed by atoms with van der Waals surface area (Å²) < 4.78 is 5.28. The van der Waals surface area contributed by atoms with Gasteiger partial charge in [-0.2, -0.15) is 0 Å². The van der Waals surface area contributed by atoms with Gasteiger partial charge in [0.1, 0.15) is 0 Å². The summed E-state index contributed by atoms with van der Waals surface area (Å²) in [4.78, 5) is 23.6. The molecule has 1 aliphatic rings. The molecule has 0 bridgehead atoms. The molecule has 18 heavy (non-hydrogen) atoms. The molecular weight excluding hydrogens is 236 g/mol. The number of rotatable bonds is 5. The Morgan fingerprint density at radius 2 is 2.06 bits per heavy atom. The molecule has 1 aliphatic heterocycles. The number of urea groups is 1. The Hall–Kier alpha value is -1.30. The van der Waals surface area contributed by atoms with Gasteiger partial charge in [0.05, 0.1) is 6.42 Å². The smallest absolute Gasteiger partial charge is 0.317 e. The highest BCUT2D eigenvalue weighted by molar-refractivity contribution is 5.75. The van der Waals surface area contributed by atoms with Gasteiger partial charge in [0.25, 0.3) is 0 Å². The molecule has 1 unspecified atom stereocenters. The van der Waals surface area contributed by atoms with Crippen LogP contribution in [-0.4, -0.2) is 54.9 Å². The van der Waals surface area contributed by atoms with Gasteiger partial charge in [0, 0.05) is 32.8 Å². The minimum Gasteiger partial charge on any atom is -0.481 e. The Balaban J connectivity index is 2.31. The Morgan fingerprint density at radius 1 is 1.44 bits per heavy atom. The highest BCUT2D eigenvalue weighted by atomic mass is 16.5. The molecular formula is C12H22N2O4. The fourth-order valence-corrected chi connectivity index (χ4v) is 2.00. The van der Waals surface area contributed by atoms with Crippen molar-refractivity contribution in [2.45, 2.75) is 32.2 Å². The summed E-state index contributed by atoms with van der Waals surface area (Å²) in [5.41, 5.74) is 0. The van der Waals surface area contributed by atoms with Crippen LogP contribution in [0.5, 0.6) is 0 Å². The van der Waals surface area contributed by atoms with Gasteiger partial charge in [-0.15, -0.1) is 0 Å². The first-order valence-electron chi connectivity index (χ1n) is 6.32. The molecule has 2 amide bonds. The van der Waals surface area contributed by atoms with Crippen molar-refractivity contribution in [3.63, 3.8) is 0 Å². The van der Waals surface area contributed by atoms with Crippen LogP contribution in [0.2, 0.25) is 0 Å². The van der Waals surface area contributed by atoms with Crippen LogP contribution in [0.25, 0.3) is 0 Å². The predicted octanol–water partition coefficient (Wildman–Crippen LogP) is 0.918. The van der Waals surface area contributed by atoms with Crippen LogP contribution in [0.15, 0.2) is 0 Å². The fourth-order valence-electron chi connectivity index (χ4n) is 2.00. The Bertz CT molecular complexity index is 290. The van der Waals surface area contributed by atoms with Gasteiger partial charge >= 0.3 is 12.0 Å². The first-order chi connectivity index (χ1) is 8.50. The molecule has 1 rings (SSSR count). The van der Waals surface area contributed by atoms with Crippen LogP contribution in [0.3, 0.4) is 0 Å². The molecule has 104 valence electrons. The second kappa shape index (κ2) is 7.20. The van der Waals surface area contributed by atoms with Crippen LogP contribution in [0.4, 0.5) is 4.79 Å². The summed E-state index contributed by atoms with van der Waals surface area (Å²) in [6.45, 7) is 3.71. The number of hydrogen-bond acceptors (Lipinski definition) is 3. The SMILES string of the molecule is CC(NC(=O)N(C)CCC(=O)O)C1CCOCC1. The van der Waals surface area contributed by atoms with Crippen molar-refractivity contribution in [2.75, 3.05) is 26.8 Å². The van der Waals surface area contributed by atoms with E-state index in [0.717, 1.165) is 26.1 Å². The molecule has 6 nitrogen and oxygen atoms in total. The van der Waals surface area contributed by atoms with Gasteiger partial charge in [-0.1, -0.05) is 0 Å². The second-order valence-electron chi connectivity index (χ2n) is 4.75. The second-order valence-corrected chi connectivity index (χ2v) is 4.75. The number of ether oxygens (including phenoxy) is 1. The quantitative estimate of drug-likeness (QED) is 0.768. The number of amides is 2. The maximum absolute atomic E-state index is 11.8. The number of carboxylic acid groups (broad SMARTS) is 1. The summed E-state index contributed by atoms with van der Waals surface area (Å²) in [6, 6.07) is -0.121. The minimum absolute atomic E-state index is 0.0322. The van der Waals surface area contributed by atoms with Crippen molar-refractivity contribution >= 4 is 12.0 Å². The number of carbonyl (C=O) groups excluding carboxylic acids is 1. The summed E-state index contributed by atoms with van der Waals surface area (Å²) >= 11 is 0. The molecule has 1 heterocycles. The van der Waals surface area contributed by atoms with E-state index in [1.165, 1.54) is 4.90 Å². The fraction of sp³-hybridized carbons (Fsp3) is 0.833. The number of carboxylic acids is 1. The van der Waals surface area contributed by atoms with Gasteiger partial charge in [-0.3, -0.25) is 4.79 Å². The van der Waals surface area contributed by atoms with E-state index in [1.54, 1.807) is 7.05 Å². The molecule has 1 fully saturated rings. The molecule has 2 N–H and O–H groups in total. The van der Waals surface area contributed by atoms with Crippen LogP contribution >= 0.6 is 0 Å². The van der Waals surface area contributed by atoms with E-state index in [1.807, 2.05) is 6.92 Å². The zero-order valence-electron chi connectivity index (χ0n) is 11.0. The van der Waals surface area contributed by atoms with E-state index in [9.17, 15) is 9.59 Å². The molecule has 1 atom stereocenters. The summed E-state index contributed by atoms with van der Waals surface area (Å²) in [5.74, 6) is -0.456. The van der Waals surface area contributed by atoms with E-state index in [-0.39, 0.29) is 25.0 Å². The molecule has 0 radical (unpaired) electrons. The number of nitrogens with zero attached hydrogens (tertiary/aromatic N) is 1. The van der Waals surface area contributed by atoms with Gasteiger partial charge < -0.3 is 20.1 Å². The zero-order valence-corrected chi connectivity index (χ0v) is 11.0. The molecule has 1 saturated heterocycles. The molecule has 0 spiro atoms. The topological polar surface area (TPSA) is 78.9 Å². The Kier molecular flexibility index (Phi) is 5.91. The van der Waals surface area contributed by atoms with Crippen molar-refractivity contribution in [3.05, 3.63) is 0 Å². The number of carbonyl (C=O) groups is 2. The molecule has 0 aromatic heterocycles. The number of aliphatic carboxylic acids is 1. The van der Waals surface area contributed by atoms with E-state index >= 15 is 0 Å². The van der Waals surface area contributed by atoms with Crippen molar-refractivity contribution < 1.29 is 19.4 Å². The number of hydrogen-bond donors (Lipinski definition) is 2. The lowest BCUT2D eigenvalue weighted by Gasteiger charge is -2.29. The lowest BCUT2D eigenvalue weighted by molar-refractivity contribution is -0.137. The Morgan fingerprint density at radius 3 is 2.61 bits per heavy atom. The van der Waals surface area contributed by atoms with Crippen molar-refractivity contribution in [1.29, 1.82) is 0 Å². The van der Waals surface area contributed by atoms with E-state index < -0.39 is 5.97 Å². The average Bonchev–Trinajstić information content (AvgIpc) is 2.36. The Labute approximate surface area is 107 Å². The van der Waals surface area contributed by atoms with Crippen molar-refractivity contribution in [2.24, 2.45) is 5.92 Å². The van der Waals surface area contributed by atoms with Gasteiger partial charge in [-0.05, 0) is 25.7 Å². The van der Waals surface area contributed by atoms with Crippen molar-refractivity contribution in [1.82, 2.24) is 10.2 Å². The van der Waals surface area contributed by atoms with E-state index in [2.05, 4.69) is 5.32 Å². The van der Waals surface area contributed by atoms with Crippen LogP contribution in [-0.2, 0) is 9.53 Å². The van der Waals surface area contributed by atoms with Crippen LogP contribution in [0, 0.1) is 5.92 Å². The zero-order chi connectivity index (χ0) is 13.5. The highest BCUT2D eigenvalue weighted by Crippen LogP contribution is 2.18. The summed E-state index contributed by atoms with van der Waals surface area (Å²) in [5, 5.41) is 11.5. The molecule has 0 aromatic rings. The number of nitrogens with one attached hydrogen (secondary N) is 1. The first kappa shape index (κ1) is 14.8. The normalized spacial score (nSPS) is 18.1. The predicted molar refractivity (Wildman–Crippen MR) is 66.4 cm³/mol. The third kappa shape index (κ3) is 4.91. The van der Waals surface area contributed by atoms with Gasteiger partial charge in [0.2, 0.25) is 0 Å². The minimum atomic E-state index is -0.896. The summed E-state index contributed by atoms with van der Waals surface area (Å²) in [7, 11) is 1.61. The maximum atomic E-state index is 11.8.